The van der Waals surface area contributed by atoms with E-state index in [2.05, 4.69) is 21.5 Å². The Morgan fingerprint density at radius 1 is 1.12 bits per heavy atom. The maximum absolute atomic E-state index is 12.5. The number of nitrogens with zero attached hydrogens (tertiary/aromatic N) is 3. The number of anilines is 1. The summed E-state index contributed by atoms with van der Waals surface area (Å²) in [6.45, 7) is -0.120. The van der Waals surface area contributed by atoms with Crippen molar-refractivity contribution < 1.29 is 14.7 Å². The Labute approximate surface area is 192 Å². The number of hydrogen-bond acceptors (Lipinski definition) is 6. The van der Waals surface area contributed by atoms with Gasteiger partial charge in [-0.05, 0) is 41.8 Å². The van der Waals surface area contributed by atoms with Crippen LogP contribution in [0.5, 0.6) is 0 Å². The van der Waals surface area contributed by atoms with E-state index >= 15 is 0 Å². The second-order valence-corrected chi connectivity index (χ2v) is 7.90. The summed E-state index contributed by atoms with van der Waals surface area (Å²) in [7, 11) is 0. The number of pyridine rings is 1. The second kappa shape index (κ2) is 10.1. The SMILES string of the molecule is N#CC(CCO)(c1ccccc1)c1ccc(NC(=O)CC2CC(c3cccnc3)=NO2)cc1. The highest BCUT2D eigenvalue weighted by Gasteiger charge is 2.34. The third-order valence-electron chi connectivity index (χ3n) is 5.75. The van der Waals surface area contributed by atoms with Crippen LogP contribution >= 0.6 is 0 Å². The fourth-order valence-corrected chi connectivity index (χ4v) is 4.03. The molecule has 33 heavy (non-hydrogen) atoms. The minimum Gasteiger partial charge on any atom is -0.396 e. The molecule has 0 saturated carbocycles. The Morgan fingerprint density at radius 3 is 2.55 bits per heavy atom. The third kappa shape index (κ3) is 4.92. The number of hydrogen-bond donors (Lipinski definition) is 2. The van der Waals surface area contributed by atoms with Gasteiger partial charge in [-0.2, -0.15) is 5.26 Å². The maximum atomic E-state index is 12.5. The monoisotopic (exact) mass is 440 g/mol. The Hall–Kier alpha value is -4.02. The van der Waals surface area contributed by atoms with Crippen molar-refractivity contribution in [3.63, 3.8) is 0 Å². The number of aliphatic hydroxyl groups excluding tert-OH is 1. The van der Waals surface area contributed by atoms with Crippen LogP contribution in [0.4, 0.5) is 5.69 Å². The molecule has 0 radical (unpaired) electrons. The van der Waals surface area contributed by atoms with Crippen LogP contribution in [0.1, 0.15) is 36.0 Å². The quantitative estimate of drug-likeness (QED) is 0.554. The van der Waals surface area contributed by atoms with Crippen LogP contribution in [0.2, 0.25) is 0 Å². The first-order valence-electron chi connectivity index (χ1n) is 10.8. The number of aromatic nitrogens is 1. The van der Waals surface area contributed by atoms with Gasteiger partial charge in [0, 0.05) is 36.7 Å². The average Bonchev–Trinajstić information content (AvgIpc) is 3.32. The molecule has 2 N–H and O–H groups in total. The van der Waals surface area contributed by atoms with E-state index < -0.39 is 5.41 Å². The molecule has 166 valence electrons. The zero-order valence-corrected chi connectivity index (χ0v) is 18.0. The molecule has 0 aliphatic carbocycles. The van der Waals surface area contributed by atoms with Gasteiger partial charge in [0.05, 0.1) is 18.2 Å². The molecule has 0 saturated heterocycles. The molecule has 1 amide bonds. The molecular formula is C26H24N4O3. The number of aliphatic hydroxyl groups is 1. The van der Waals surface area contributed by atoms with E-state index in [1.807, 2.05) is 54.6 Å². The van der Waals surface area contributed by atoms with Crippen molar-refractivity contribution in [2.45, 2.75) is 30.8 Å². The normalized spacial score (nSPS) is 16.7. The van der Waals surface area contributed by atoms with Crippen molar-refractivity contribution in [1.82, 2.24) is 4.98 Å². The van der Waals surface area contributed by atoms with E-state index in [-0.39, 0.29) is 31.5 Å². The molecule has 7 nitrogen and oxygen atoms in total. The fourth-order valence-electron chi connectivity index (χ4n) is 4.03. The highest BCUT2D eigenvalue weighted by atomic mass is 16.6. The van der Waals surface area contributed by atoms with Crippen molar-refractivity contribution in [2.75, 3.05) is 11.9 Å². The van der Waals surface area contributed by atoms with E-state index in [1.165, 1.54) is 0 Å². The first-order valence-corrected chi connectivity index (χ1v) is 10.8. The summed E-state index contributed by atoms with van der Waals surface area (Å²) in [6, 6.07) is 22.7. The maximum Gasteiger partial charge on any atom is 0.228 e. The summed E-state index contributed by atoms with van der Waals surface area (Å²) in [4.78, 5) is 22.0. The summed E-state index contributed by atoms with van der Waals surface area (Å²) < 4.78 is 0. The topological polar surface area (TPSA) is 108 Å². The van der Waals surface area contributed by atoms with Gasteiger partial charge < -0.3 is 15.3 Å². The lowest BCUT2D eigenvalue weighted by Crippen LogP contribution is -2.27. The van der Waals surface area contributed by atoms with E-state index in [0.29, 0.717) is 12.1 Å². The zero-order chi connectivity index (χ0) is 23.1. The Kier molecular flexibility index (Phi) is 6.77. The molecule has 2 atom stereocenters. The number of nitriles is 1. The Morgan fingerprint density at radius 2 is 1.88 bits per heavy atom. The number of amides is 1. The van der Waals surface area contributed by atoms with Crippen LogP contribution in [0.25, 0.3) is 0 Å². The van der Waals surface area contributed by atoms with E-state index in [0.717, 1.165) is 22.4 Å². The minimum absolute atomic E-state index is 0.120. The van der Waals surface area contributed by atoms with E-state index in [4.69, 9.17) is 4.84 Å². The number of benzene rings is 2. The molecule has 2 heterocycles. The van der Waals surface area contributed by atoms with Gasteiger partial charge in [-0.25, -0.2) is 0 Å². The molecule has 0 fully saturated rings. The summed E-state index contributed by atoms with van der Waals surface area (Å²) in [5.74, 6) is -0.180. The predicted molar refractivity (Wildman–Crippen MR) is 124 cm³/mol. The van der Waals surface area contributed by atoms with Crippen LogP contribution in [-0.2, 0) is 15.0 Å². The molecule has 7 heteroatoms. The first kappa shape index (κ1) is 22.2. The summed E-state index contributed by atoms with van der Waals surface area (Å²) in [5.41, 5.74) is 2.91. The van der Waals surface area contributed by atoms with Gasteiger partial charge in [0.1, 0.15) is 11.5 Å². The number of carbonyl (C=O) groups excluding carboxylic acids is 1. The molecule has 1 aliphatic rings. The van der Waals surface area contributed by atoms with Crippen molar-refractivity contribution in [1.29, 1.82) is 5.26 Å². The van der Waals surface area contributed by atoms with Gasteiger partial charge >= 0.3 is 0 Å². The van der Waals surface area contributed by atoms with Gasteiger partial charge in [0.15, 0.2) is 0 Å². The van der Waals surface area contributed by atoms with E-state index in [9.17, 15) is 15.2 Å². The van der Waals surface area contributed by atoms with Crippen molar-refractivity contribution in [3.8, 4) is 6.07 Å². The van der Waals surface area contributed by atoms with Gasteiger partial charge in [-0.15, -0.1) is 0 Å². The molecule has 3 aromatic rings. The lowest BCUT2D eigenvalue weighted by molar-refractivity contribution is -0.118. The smallest absolute Gasteiger partial charge is 0.228 e. The Balaban J connectivity index is 1.40. The molecule has 0 spiro atoms. The average molecular weight is 441 g/mol. The predicted octanol–water partition coefficient (Wildman–Crippen LogP) is 3.80. The highest BCUT2D eigenvalue weighted by molar-refractivity contribution is 6.01. The van der Waals surface area contributed by atoms with Gasteiger partial charge in [-0.1, -0.05) is 47.6 Å². The lowest BCUT2D eigenvalue weighted by Gasteiger charge is -2.27. The molecule has 2 aromatic carbocycles. The largest absolute Gasteiger partial charge is 0.396 e. The minimum atomic E-state index is -0.962. The van der Waals surface area contributed by atoms with Gasteiger partial charge in [0.2, 0.25) is 5.91 Å². The molecule has 1 aliphatic heterocycles. The summed E-state index contributed by atoms with van der Waals surface area (Å²) >= 11 is 0. The van der Waals surface area contributed by atoms with Crippen molar-refractivity contribution in [2.24, 2.45) is 5.16 Å². The van der Waals surface area contributed by atoms with E-state index in [1.54, 1.807) is 24.5 Å². The van der Waals surface area contributed by atoms with Crippen LogP contribution in [0.15, 0.2) is 84.3 Å². The van der Waals surface area contributed by atoms with Crippen molar-refractivity contribution >= 4 is 17.3 Å². The number of carbonyl (C=O) groups is 1. The van der Waals surface area contributed by atoms with Gasteiger partial charge in [-0.3, -0.25) is 9.78 Å². The summed E-state index contributed by atoms with van der Waals surface area (Å²) in [6.07, 6.45) is 4.08. The van der Waals surface area contributed by atoms with Crippen LogP contribution in [-0.4, -0.2) is 34.4 Å². The zero-order valence-electron chi connectivity index (χ0n) is 18.0. The van der Waals surface area contributed by atoms with Crippen LogP contribution in [0.3, 0.4) is 0 Å². The molecular weight excluding hydrogens is 416 g/mol. The number of rotatable bonds is 8. The first-order chi connectivity index (χ1) is 16.1. The molecule has 2 unspecified atom stereocenters. The lowest BCUT2D eigenvalue weighted by atomic mass is 9.73. The van der Waals surface area contributed by atoms with Crippen molar-refractivity contribution in [3.05, 3.63) is 95.8 Å². The Bertz CT molecular complexity index is 1160. The number of nitrogens with one attached hydrogen (secondary N) is 1. The molecule has 4 rings (SSSR count). The van der Waals surface area contributed by atoms with Gasteiger partial charge in [0.25, 0.3) is 0 Å². The molecule has 1 aromatic heterocycles. The second-order valence-electron chi connectivity index (χ2n) is 7.90. The summed E-state index contributed by atoms with van der Waals surface area (Å²) in [5, 5.41) is 26.6. The fraction of sp³-hybridized carbons (Fsp3) is 0.231. The third-order valence-corrected chi connectivity index (χ3v) is 5.75. The standard InChI is InChI=1S/C26H24N4O3/c27-18-26(12-14-31,20-6-2-1-3-7-20)21-8-10-22(11-9-21)29-25(32)16-23-15-24(30-33-23)19-5-4-13-28-17-19/h1-11,13,17,23,31H,12,14-16H2,(H,29,32). The highest BCUT2D eigenvalue weighted by Crippen LogP contribution is 2.35. The van der Waals surface area contributed by atoms with Crippen LogP contribution < -0.4 is 5.32 Å². The van der Waals surface area contributed by atoms with Crippen LogP contribution in [0, 0.1) is 11.3 Å². The molecule has 0 bridgehead atoms. The number of oxime groups is 1.